The molecule has 0 N–H and O–H groups in total. The molecule has 0 radical (unpaired) electrons. The van der Waals surface area contributed by atoms with Crippen molar-refractivity contribution in [3.05, 3.63) is 11.0 Å². The van der Waals surface area contributed by atoms with E-state index in [2.05, 4.69) is 6.92 Å². The van der Waals surface area contributed by atoms with Crippen LogP contribution >= 0.6 is 11.8 Å². The molecule has 0 aromatic carbocycles. The van der Waals surface area contributed by atoms with Gasteiger partial charge in [-0.05, 0) is 31.0 Å². The van der Waals surface area contributed by atoms with E-state index < -0.39 is 0 Å². The van der Waals surface area contributed by atoms with Crippen molar-refractivity contribution in [3.8, 4) is 0 Å². The molecule has 0 unspecified atom stereocenters. The molecule has 1 aliphatic heterocycles. The Balaban J connectivity index is 2.26. The van der Waals surface area contributed by atoms with Crippen molar-refractivity contribution in [2.75, 3.05) is 6.54 Å². The minimum absolute atomic E-state index is 0.0946. The molecule has 1 rings (SSSR count). The first-order valence-corrected chi connectivity index (χ1v) is 8.26. The molecule has 0 bridgehead atoms. The number of thioether (sulfide) groups is 1. The Morgan fingerprint density at radius 2 is 1.68 bits per heavy atom. The summed E-state index contributed by atoms with van der Waals surface area (Å²) in [7, 11) is 0. The fourth-order valence-electron chi connectivity index (χ4n) is 2.11. The summed E-state index contributed by atoms with van der Waals surface area (Å²) in [5.74, 6) is -0.0946. The van der Waals surface area contributed by atoms with Gasteiger partial charge in [-0.1, -0.05) is 52.0 Å². The molecule has 0 saturated carbocycles. The molecule has 1 saturated heterocycles. The van der Waals surface area contributed by atoms with Gasteiger partial charge in [-0.3, -0.25) is 14.5 Å². The Morgan fingerprint density at radius 1 is 1.00 bits per heavy atom. The molecule has 4 heteroatoms. The molecule has 108 valence electrons. The maximum atomic E-state index is 11.9. The van der Waals surface area contributed by atoms with Crippen molar-refractivity contribution < 1.29 is 9.59 Å². The Bertz CT molecular complexity index is 339. The number of nitrogens with zero attached hydrogens (tertiary/aromatic N) is 1. The molecule has 0 aromatic rings. The standard InChI is InChI=1S/C15H25NO2S/c1-3-5-6-7-8-9-10-11-13-14(17)16(12-4-2)15(18)19-13/h11H,3-10,12H2,1-2H3/b13-11-. The highest BCUT2D eigenvalue weighted by atomic mass is 32.2. The monoisotopic (exact) mass is 283 g/mol. The maximum Gasteiger partial charge on any atom is 0.293 e. The molecule has 2 amide bonds. The van der Waals surface area contributed by atoms with Crippen LogP contribution in [0.5, 0.6) is 0 Å². The van der Waals surface area contributed by atoms with E-state index in [0.717, 1.165) is 31.0 Å². The lowest BCUT2D eigenvalue weighted by Gasteiger charge is -2.09. The molecule has 1 heterocycles. The Kier molecular flexibility index (Phi) is 7.87. The van der Waals surface area contributed by atoms with E-state index in [1.54, 1.807) is 0 Å². The van der Waals surface area contributed by atoms with Gasteiger partial charge in [0.15, 0.2) is 0 Å². The van der Waals surface area contributed by atoms with Crippen molar-refractivity contribution in [2.24, 2.45) is 0 Å². The van der Waals surface area contributed by atoms with Crippen LogP contribution in [0.1, 0.15) is 65.2 Å². The van der Waals surface area contributed by atoms with Crippen LogP contribution in [0.3, 0.4) is 0 Å². The Morgan fingerprint density at radius 3 is 2.37 bits per heavy atom. The summed E-state index contributed by atoms with van der Waals surface area (Å²) in [5.41, 5.74) is 0. The van der Waals surface area contributed by atoms with Crippen molar-refractivity contribution in [1.29, 1.82) is 0 Å². The quantitative estimate of drug-likeness (QED) is 0.453. The van der Waals surface area contributed by atoms with Crippen LogP contribution < -0.4 is 0 Å². The summed E-state index contributed by atoms with van der Waals surface area (Å²) in [6.45, 7) is 4.73. The number of hydrogen-bond donors (Lipinski definition) is 0. The largest absolute Gasteiger partial charge is 0.293 e. The van der Waals surface area contributed by atoms with Crippen molar-refractivity contribution >= 4 is 22.9 Å². The number of unbranched alkanes of at least 4 members (excludes halogenated alkanes) is 6. The molecular formula is C15H25NO2S. The van der Waals surface area contributed by atoms with E-state index in [0.29, 0.717) is 11.4 Å². The second-order valence-corrected chi connectivity index (χ2v) is 5.94. The van der Waals surface area contributed by atoms with Crippen LogP contribution in [0.2, 0.25) is 0 Å². The number of rotatable bonds is 9. The van der Waals surface area contributed by atoms with Crippen LogP contribution in [0.25, 0.3) is 0 Å². The van der Waals surface area contributed by atoms with E-state index in [-0.39, 0.29) is 11.1 Å². The molecule has 19 heavy (non-hydrogen) atoms. The van der Waals surface area contributed by atoms with Gasteiger partial charge >= 0.3 is 0 Å². The Hall–Kier alpha value is -0.770. The van der Waals surface area contributed by atoms with Gasteiger partial charge in [-0.25, -0.2) is 0 Å². The second-order valence-electron chi connectivity index (χ2n) is 4.95. The zero-order chi connectivity index (χ0) is 14.1. The Labute approximate surface area is 120 Å². The minimum atomic E-state index is -0.110. The third kappa shape index (κ3) is 5.39. The van der Waals surface area contributed by atoms with Gasteiger partial charge in [0.2, 0.25) is 0 Å². The molecule has 1 fully saturated rings. The van der Waals surface area contributed by atoms with Crippen LogP contribution in [-0.4, -0.2) is 22.6 Å². The highest BCUT2D eigenvalue weighted by Crippen LogP contribution is 2.31. The van der Waals surface area contributed by atoms with Crippen molar-refractivity contribution in [3.63, 3.8) is 0 Å². The SMILES string of the molecule is CCCCCCCC/C=C1\SC(=O)N(CCC)C1=O. The van der Waals surface area contributed by atoms with Crippen LogP contribution in [0.4, 0.5) is 4.79 Å². The van der Waals surface area contributed by atoms with Gasteiger partial charge in [0.05, 0.1) is 4.91 Å². The summed E-state index contributed by atoms with van der Waals surface area (Å²) in [5, 5.41) is -0.110. The summed E-state index contributed by atoms with van der Waals surface area (Å²) in [6.07, 6.45) is 11.2. The normalized spacial score (nSPS) is 17.8. The maximum absolute atomic E-state index is 11.9. The van der Waals surface area contributed by atoms with Gasteiger partial charge in [0.25, 0.3) is 11.1 Å². The predicted octanol–water partition coefficient (Wildman–Crippen LogP) is 4.73. The number of allylic oxidation sites excluding steroid dienone is 1. The fourth-order valence-corrected chi connectivity index (χ4v) is 2.98. The molecule has 1 aliphatic rings. The van der Waals surface area contributed by atoms with Gasteiger partial charge in [-0.2, -0.15) is 0 Å². The lowest BCUT2D eigenvalue weighted by molar-refractivity contribution is -0.122. The molecule has 0 atom stereocenters. The summed E-state index contributed by atoms with van der Waals surface area (Å²) >= 11 is 1.09. The number of carbonyl (C=O) groups is 2. The number of carbonyl (C=O) groups excluding carboxylic acids is 2. The van der Waals surface area contributed by atoms with Gasteiger partial charge in [0, 0.05) is 6.54 Å². The highest BCUT2D eigenvalue weighted by molar-refractivity contribution is 8.18. The topological polar surface area (TPSA) is 37.4 Å². The van der Waals surface area contributed by atoms with Crippen LogP contribution in [-0.2, 0) is 4.79 Å². The van der Waals surface area contributed by atoms with Gasteiger partial charge < -0.3 is 0 Å². The third-order valence-electron chi connectivity index (χ3n) is 3.21. The molecule has 3 nitrogen and oxygen atoms in total. The second kappa shape index (κ2) is 9.18. The van der Waals surface area contributed by atoms with Gasteiger partial charge in [-0.15, -0.1) is 0 Å². The summed E-state index contributed by atoms with van der Waals surface area (Å²) in [4.78, 5) is 25.5. The van der Waals surface area contributed by atoms with Crippen molar-refractivity contribution in [1.82, 2.24) is 4.90 Å². The number of amides is 2. The first kappa shape index (κ1) is 16.3. The van der Waals surface area contributed by atoms with Gasteiger partial charge in [0.1, 0.15) is 0 Å². The van der Waals surface area contributed by atoms with Crippen molar-refractivity contribution in [2.45, 2.75) is 65.2 Å². The first-order valence-electron chi connectivity index (χ1n) is 7.44. The van der Waals surface area contributed by atoms with E-state index >= 15 is 0 Å². The van der Waals surface area contributed by atoms with Crippen LogP contribution in [0, 0.1) is 0 Å². The summed E-state index contributed by atoms with van der Waals surface area (Å²) in [6, 6.07) is 0. The predicted molar refractivity (Wildman–Crippen MR) is 81.1 cm³/mol. The lowest BCUT2D eigenvalue weighted by Crippen LogP contribution is -2.28. The van der Waals surface area contributed by atoms with E-state index in [1.165, 1.54) is 37.0 Å². The zero-order valence-corrected chi connectivity index (χ0v) is 12.9. The first-order chi connectivity index (χ1) is 9.20. The lowest BCUT2D eigenvalue weighted by atomic mass is 10.1. The molecule has 0 aliphatic carbocycles. The number of hydrogen-bond acceptors (Lipinski definition) is 3. The van der Waals surface area contributed by atoms with Crippen LogP contribution in [0.15, 0.2) is 11.0 Å². The fraction of sp³-hybridized carbons (Fsp3) is 0.733. The minimum Gasteiger partial charge on any atom is -0.268 e. The number of imide groups is 1. The van der Waals surface area contributed by atoms with E-state index in [9.17, 15) is 9.59 Å². The average molecular weight is 283 g/mol. The van der Waals surface area contributed by atoms with E-state index in [4.69, 9.17) is 0 Å². The molecular weight excluding hydrogens is 258 g/mol. The zero-order valence-electron chi connectivity index (χ0n) is 12.1. The third-order valence-corrected chi connectivity index (χ3v) is 4.16. The summed E-state index contributed by atoms with van der Waals surface area (Å²) < 4.78 is 0. The van der Waals surface area contributed by atoms with E-state index in [1.807, 2.05) is 13.0 Å². The molecule has 0 aromatic heterocycles. The highest BCUT2D eigenvalue weighted by Gasteiger charge is 2.33. The molecule has 0 spiro atoms. The average Bonchev–Trinajstić information content (AvgIpc) is 2.66. The smallest absolute Gasteiger partial charge is 0.268 e.